The molecular formula is C50H68N12O2. The maximum absolute atomic E-state index is 10.4. The van der Waals surface area contributed by atoms with Crippen molar-refractivity contribution >= 4 is 22.9 Å². The molecule has 0 aromatic carbocycles. The molecule has 10 rings (SSSR count). The third kappa shape index (κ3) is 8.76. The van der Waals surface area contributed by atoms with E-state index in [0.717, 1.165) is 110 Å². The summed E-state index contributed by atoms with van der Waals surface area (Å²) in [6.45, 7) is 5.67. The predicted octanol–water partition coefficient (Wildman–Crippen LogP) is 5.74. The van der Waals surface area contributed by atoms with Gasteiger partial charge in [0, 0.05) is 64.8 Å². The number of anilines is 2. The Morgan fingerprint density at radius 1 is 0.578 bits per heavy atom. The summed E-state index contributed by atoms with van der Waals surface area (Å²) in [6.07, 6.45) is 12.9. The second-order valence-corrected chi connectivity index (χ2v) is 18.9. The molecule has 340 valence electrons. The van der Waals surface area contributed by atoms with Crippen molar-refractivity contribution < 1.29 is 10.2 Å². The van der Waals surface area contributed by atoms with E-state index in [0.29, 0.717) is 25.2 Å². The lowest BCUT2D eigenvalue weighted by Gasteiger charge is -2.32. The molecule has 4 atom stereocenters. The Morgan fingerprint density at radius 2 is 1.02 bits per heavy atom. The number of imidazole rings is 2. The third-order valence-corrected chi connectivity index (χ3v) is 14.6. The number of likely N-dealkylation sites (tertiary alicyclic amines) is 2. The Kier molecular flexibility index (Phi) is 13.3. The molecule has 0 bridgehead atoms. The number of nitrogens with zero attached hydrogens (tertiary/aromatic N) is 12. The molecule has 14 nitrogen and oxygen atoms in total. The summed E-state index contributed by atoms with van der Waals surface area (Å²) in [6, 6.07) is 22.5. The monoisotopic (exact) mass is 869 g/mol. The van der Waals surface area contributed by atoms with E-state index in [1.165, 1.54) is 35.4 Å². The molecule has 6 aromatic rings. The SMILES string of the molecule is CN1CCC(N(C)c2cccc3nc(CN(C)[C@H]4CCCc5cccnc54)c(CO)n23)C1.CN1CCC(N(C)c2cccc3nc(CN(C)[C@H]4CCCc5cccnc54)c(CO)n23)C1. The van der Waals surface area contributed by atoms with Crippen LogP contribution in [0.15, 0.2) is 73.1 Å². The average Bonchev–Trinajstić information content (AvgIpc) is 4.12. The molecule has 14 heteroatoms. The van der Waals surface area contributed by atoms with Gasteiger partial charge < -0.3 is 29.8 Å². The molecular weight excluding hydrogens is 801 g/mol. The molecule has 6 aromatic heterocycles. The van der Waals surface area contributed by atoms with E-state index >= 15 is 0 Å². The van der Waals surface area contributed by atoms with E-state index in [2.05, 4.69) is 117 Å². The lowest BCUT2D eigenvalue weighted by molar-refractivity contribution is 0.203. The number of rotatable bonds is 12. The summed E-state index contributed by atoms with van der Waals surface area (Å²) in [4.78, 5) is 33.5. The minimum Gasteiger partial charge on any atom is -0.390 e. The Labute approximate surface area is 378 Å². The zero-order valence-electron chi connectivity index (χ0n) is 38.8. The van der Waals surface area contributed by atoms with Gasteiger partial charge in [-0.25, -0.2) is 9.97 Å². The summed E-state index contributed by atoms with van der Waals surface area (Å²) in [5.74, 6) is 2.19. The Hall–Kier alpha value is -4.96. The van der Waals surface area contributed by atoms with Crippen LogP contribution in [0.3, 0.4) is 0 Å². The van der Waals surface area contributed by atoms with Gasteiger partial charge in [-0.05, 0) is 140 Å². The maximum atomic E-state index is 10.4. The molecule has 2 aliphatic heterocycles. The van der Waals surface area contributed by atoms with Crippen LogP contribution in [0.25, 0.3) is 11.3 Å². The lowest BCUT2D eigenvalue weighted by Crippen LogP contribution is -2.35. The number of hydrogen-bond acceptors (Lipinski definition) is 12. The van der Waals surface area contributed by atoms with Crippen LogP contribution < -0.4 is 9.80 Å². The van der Waals surface area contributed by atoms with Crippen LogP contribution in [-0.2, 0) is 39.1 Å². The Morgan fingerprint density at radius 3 is 1.41 bits per heavy atom. The number of likely N-dealkylation sites (N-methyl/N-ethyl adjacent to an activating group) is 4. The van der Waals surface area contributed by atoms with Gasteiger partial charge in [-0.3, -0.25) is 28.6 Å². The van der Waals surface area contributed by atoms with Gasteiger partial charge in [0.15, 0.2) is 0 Å². The third-order valence-electron chi connectivity index (χ3n) is 14.6. The second kappa shape index (κ2) is 19.3. The van der Waals surface area contributed by atoms with Crippen molar-refractivity contribution in [2.24, 2.45) is 0 Å². The minimum atomic E-state index is -0.0285. The van der Waals surface area contributed by atoms with E-state index in [-0.39, 0.29) is 25.3 Å². The van der Waals surface area contributed by atoms with Gasteiger partial charge in [-0.2, -0.15) is 0 Å². The number of hydrogen-bond donors (Lipinski definition) is 2. The molecule has 0 spiro atoms. The van der Waals surface area contributed by atoms with Gasteiger partial charge >= 0.3 is 0 Å². The first-order valence-electron chi connectivity index (χ1n) is 23.4. The highest BCUT2D eigenvalue weighted by Crippen LogP contribution is 2.36. The molecule has 0 saturated carbocycles. The summed E-state index contributed by atoms with van der Waals surface area (Å²) in [5.41, 5.74) is 10.6. The summed E-state index contributed by atoms with van der Waals surface area (Å²) in [5, 5.41) is 20.8. The van der Waals surface area contributed by atoms with Crippen molar-refractivity contribution in [3.63, 3.8) is 0 Å². The highest BCUT2D eigenvalue weighted by Gasteiger charge is 2.31. The van der Waals surface area contributed by atoms with E-state index in [1.807, 2.05) is 36.7 Å². The van der Waals surface area contributed by atoms with Crippen LogP contribution in [0.2, 0.25) is 0 Å². The fourth-order valence-corrected chi connectivity index (χ4v) is 11.0. The summed E-state index contributed by atoms with van der Waals surface area (Å²) < 4.78 is 4.29. The molecule has 4 aliphatic rings. The smallest absolute Gasteiger partial charge is 0.138 e. The predicted molar refractivity (Wildman–Crippen MR) is 254 cm³/mol. The first-order chi connectivity index (χ1) is 31.1. The van der Waals surface area contributed by atoms with Crippen molar-refractivity contribution in [2.75, 3.05) is 78.3 Å². The Bertz CT molecular complexity index is 2360. The number of fused-ring (bicyclic) bond motifs is 4. The topological polar surface area (TPSA) is 120 Å². The van der Waals surface area contributed by atoms with Crippen LogP contribution in [0.4, 0.5) is 11.6 Å². The first-order valence-corrected chi connectivity index (χ1v) is 23.4. The minimum absolute atomic E-state index is 0.0285. The van der Waals surface area contributed by atoms with Crippen LogP contribution in [0.1, 0.15) is 95.9 Å². The van der Waals surface area contributed by atoms with Crippen molar-refractivity contribution in [3.8, 4) is 0 Å². The lowest BCUT2D eigenvalue weighted by atomic mass is 9.91. The molecule has 2 unspecified atom stereocenters. The molecule has 2 aliphatic carbocycles. The first kappa shape index (κ1) is 44.3. The number of aryl methyl sites for hydroxylation is 2. The van der Waals surface area contributed by atoms with E-state index in [4.69, 9.17) is 19.9 Å². The van der Waals surface area contributed by atoms with Crippen LogP contribution in [0, 0.1) is 0 Å². The quantitative estimate of drug-likeness (QED) is 0.156. The number of aliphatic hydroxyl groups excluding tert-OH is 2. The van der Waals surface area contributed by atoms with Crippen molar-refractivity contribution in [1.29, 1.82) is 0 Å². The molecule has 2 N–H and O–H groups in total. The van der Waals surface area contributed by atoms with Gasteiger partial charge in [0.2, 0.25) is 0 Å². The second-order valence-electron chi connectivity index (χ2n) is 18.9. The van der Waals surface area contributed by atoms with Crippen molar-refractivity contribution in [2.45, 2.75) is 102 Å². The maximum Gasteiger partial charge on any atom is 0.138 e. The van der Waals surface area contributed by atoms with E-state index < -0.39 is 0 Å². The zero-order chi connectivity index (χ0) is 44.5. The standard InChI is InChI=1S/2C25H34N6O/c2*1-28-14-12-19(15-28)30(3)24-11-5-10-23-27-20(22(17-32)31(23)24)16-29(2)21-9-4-7-18-8-6-13-26-25(18)21/h2*5-6,8,10-11,13,19,21,32H,4,7,9,12,14-17H2,1-3H3/t2*19?,21-/m00/s1. The molecule has 0 radical (unpaired) electrons. The Balaban J connectivity index is 0.000000162. The van der Waals surface area contributed by atoms with Gasteiger partial charge in [0.1, 0.15) is 22.9 Å². The fraction of sp³-hybridized carbons (Fsp3) is 0.520. The van der Waals surface area contributed by atoms with Gasteiger partial charge in [0.05, 0.1) is 59.5 Å². The highest BCUT2D eigenvalue weighted by molar-refractivity contribution is 5.56. The van der Waals surface area contributed by atoms with Gasteiger partial charge in [-0.1, -0.05) is 24.3 Å². The van der Waals surface area contributed by atoms with Gasteiger partial charge in [0.25, 0.3) is 0 Å². The van der Waals surface area contributed by atoms with E-state index in [1.54, 1.807) is 0 Å². The molecule has 8 heterocycles. The average molecular weight is 869 g/mol. The summed E-state index contributed by atoms with van der Waals surface area (Å²) in [7, 11) is 13.0. The molecule has 0 amide bonds. The van der Waals surface area contributed by atoms with Crippen molar-refractivity contribution in [1.82, 2.24) is 48.3 Å². The highest BCUT2D eigenvalue weighted by atomic mass is 16.3. The molecule has 2 saturated heterocycles. The fourth-order valence-electron chi connectivity index (χ4n) is 11.0. The number of aliphatic hydroxyl groups is 2. The normalized spacial score (nSPS) is 21.4. The van der Waals surface area contributed by atoms with Crippen molar-refractivity contribution in [3.05, 3.63) is 118 Å². The van der Waals surface area contributed by atoms with Crippen LogP contribution in [-0.4, -0.2) is 139 Å². The summed E-state index contributed by atoms with van der Waals surface area (Å²) >= 11 is 0. The van der Waals surface area contributed by atoms with Gasteiger partial charge in [-0.15, -0.1) is 0 Å². The largest absolute Gasteiger partial charge is 0.390 e. The number of pyridine rings is 4. The molecule has 64 heavy (non-hydrogen) atoms. The zero-order valence-corrected chi connectivity index (χ0v) is 38.8. The number of aromatic nitrogens is 6. The van der Waals surface area contributed by atoms with Crippen LogP contribution >= 0.6 is 0 Å². The van der Waals surface area contributed by atoms with E-state index in [9.17, 15) is 10.2 Å². The molecule has 2 fully saturated rings. The van der Waals surface area contributed by atoms with Crippen LogP contribution in [0.5, 0.6) is 0 Å².